The van der Waals surface area contributed by atoms with Gasteiger partial charge in [-0.25, -0.2) is 0 Å². The molecule has 0 amide bonds. The molecule has 0 saturated carbocycles. The Morgan fingerprint density at radius 2 is 1.85 bits per heavy atom. The third-order valence-corrected chi connectivity index (χ3v) is 5.96. The maximum absolute atomic E-state index is 13.1. The maximum atomic E-state index is 13.1. The first-order valence-electron chi connectivity index (χ1n) is 11.1. The van der Waals surface area contributed by atoms with Gasteiger partial charge >= 0.3 is 0 Å². The maximum Gasteiger partial charge on any atom is 0.238 e. The molecule has 34 heavy (non-hydrogen) atoms. The van der Waals surface area contributed by atoms with Crippen molar-refractivity contribution >= 4 is 11.0 Å². The van der Waals surface area contributed by atoms with Gasteiger partial charge in [-0.2, -0.15) is 0 Å². The van der Waals surface area contributed by atoms with E-state index in [-0.39, 0.29) is 22.5 Å². The van der Waals surface area contributed by atoms with Crippen LogP contribution in [0.1, 0.15) is 25.0 Å². The van der Waals surface area contributed by atoms with Crippen LogP contribution in [0.15, 0.2) is 45.1 Å². The van der Waals surface area contributed by atoms with Gasteiger partial charge in [-0.3, -0.25) is 9.69 Å². The third-order valence-electron chi connectivity index (χ3n) is 5.96. The van der Waals surface area contributed by atoms with Gasteiger partial charge in [0, 0.05) is 42.4 Å². The monoisotopic (exact) mass is 467 g/mol. The number of hydrogen-bond acceptors (Lipinski definition) is 8. The summed E-state index contributed by atoms with van der Waals surface area (Å²) in [4.78, 5) is 15.3. The Morgan fingerprint density at radius 1 is 1.12 bits per heavy atom. The average molecular weight is 468 g/mol. The third kappa shape index (κ3) is 4.60. The zero-order valence-electron chi connectivity index (χ0n) is 19.6. The molecule has 2 heterocycles. The van der Waals surface area contributed by atoms with Gasteiger partial charge in [0.05, 0.1) is 20.3 Å². The zero-order chi connectivity index (χ0) is 24.4. The Labute approximate surface area is 197 Å². The Kier molecular flexibility index (Phi) is 6.81. The molecule has 1 fully saturated rings. The summed E-state index contributed by atoms with van der Waals surface area (Å²) in [5.41, 5.74) is 2.00. The van der Waals surface area contributed by atoms with Crippen molar-refractivity contribution in [2.75, 3.05) is 33.4 Å². The standard InChI is InChI=1S/C26H29NO7/c1-15(2)4-6-18-19(28)13-20(29)22-23(30)24(31)25(34-26(18)22)16-5-7-21(32-3)17(12-16)14-27-8-10-33-11-9-27/h4-5,7,12-13,28-29,31H,6,8-11,14H2,1-3H3. The molecule has 0 unspecified atom stereocenters. The van der Waals surface area contributed by atoms with Crippen molar-refractivity contribution < 1.29 is 29.2 Å². The number of phenolic OH excluding ortho intramolecular Hbond substituents is 2. The molecule has 8 nitrogen and oxygen atoms in total. The fraction of sp³-hybridized carbons (Fsp3) is 0.346. The molecule has 1 aliphatic rings. The first-order chi connectivity index (χ1) is 16.3. The van der Waals surface area contributed by atoms with Crippen LogP contribution in [0.3, 0.4) is 0 Å². The van der Waals surface area contributed by atoms with Gasteiger partial charge in [0.15, 0.2) is 5.76 Å². The minimum atomic E-state index is -0.766. The first kappa shape index (κ1) is 23.7. The van der Waals surface area contributed by atoms with Crippen molar-refractivity contribution in [3.05, 3.63) is 57.3 Å². The van der Waals surface area contributed by atoms with Crippen LogP contribution < -0.4 is 10.2 Å². The van der Waals surface area contributed by atoms with Gasteiger partial charge < -0.3 is 29.2 Å². The van der Waals surface area contributed by atoms with Gasteiger partial charge in [0.25, 0.3) is 0 Å². The van der Waals surface area contributed by atoms with Gasteiger partial charge in [0.1, 0.15) is 28.2 Å². The highest BCUT2D eigenvalue weighted by atomic mass is 16.5. The second kappa shape index (κ2) is 9.79. The summed E-state index contributed by atoms with van der Waals surface area (Å²) < 4.78 is 17.0. The number of benzene rings is 2. The summed E-state index contributed by atoms with van der Waals surface area (Å²) in [6.07, 6.45) is 2.18. The lowest BCUT2D eigenvalue weighted by Gasteiger charge is -2.27. The van der Waals surface area contributed by atoms with Crippen molar-refractivity contribution in [2.45, 2.75) is 26.8 Å². The average Bonchev–Trinajstić information content (AvgIpc) is 2.81. The first-order valence-corrected chi connectivity index (χ1v) is 11.1. The fourth-order valence-electron chi connectivity index (χ4n) is 4.12. The Hall–Kier alpha value is -3.49. The molecule has 1 aliphatic heterocycles. The minimum absolute atomic E-state index is 0.0353. The number of hydrogen-bond donors (Lipinski definition) is 3. The van der Waals surface area contributed by atoms with Gasteiger partial charge in [-0.1, -0.05) is 11.6 Å². The number of methoxy groups -OCH3 is 1. The summed E-state index contributed by atoms with van der Waals surface area (Å²) in [6.45, 7) is 7.33. The highest BCUT2D eigenvalue weighted by Gasteiger charge is 2.23. The smallest absolute Gasteiger partial charge is 0.238 e. The van der Waals surface area contributed by atoms with Crippen LogP contribution in [-0.2, 0) is 17.7 Å². The van der Waals surface area contributed by atoms with Gasteiger partial charge in [0.2, 0.25) is 11.2 Å². The predicted molar refractivity (Wildman–Crippen MR) is 129 cm³/mol. The van der Waals surface area contributed by atoms with E-state index in [1.807, 2.05) is 26.0 Å². The molecular formula is C26H29NO7. The Bertz CT molecular complexity index is 1300. The number of fused-ring (bicyclic) bond motifs is 1. The molecule has 8 heteroatoms. The zero-order valence-corrected chi connectivity index (χ0v) is 19.6. The quantitative estimate of drug-likeness (QED) is 0.468. The van der Waals surface area contributed by atoms with Crippen LogP contribution in [0.5, 0.6) is 23.0 Å². The summed E-state index contributed by atoms with van der Waals surface area (Å²) in [6, 6.07) is 6.37. The number of morpholine rings is 1. The second-order valence-electron chi connectivity index (χ2n) is 8.61. The number of phenols is 2. The molecule has 2 aromatic carbocycles. The molecule has 3 aromatic rings. The van der Waals surface area contributed by atoms with E-state index in [0.717, 1.165) is 30.3 Å². The normalized spacial score (nSPS) is 14.3. The Balaban J connectivity index is 1.88. The van der Waals surface area contributed by atoms with Crippen molar-refractivity contribution in [2.24, 2.45) is 0 Å². The van der Waals surface area contributed by atoms with Crippen molar-refractivity contribution in [3.8, 4) is 34.3 Å². The number of aromatic hydroxyl groups is 3. The molecule has 1 saturated heterocycles. The lowest BCUT2D eigenvalue weighted by Crippen LogP contribution is -2.35. The highest BCUT2D eigenvalue weighted by Crippen LogP contribution is 2.39. The van der Waals surface area contributed by atoms with E-state index < -0.39 is 16.9 Å². The second-order valence-corrected chi connectivity index (χ2v) is 8.61. The van der Waals surface area contributed by atoms with E-state index in [0.29, 0.717) is 43.1 Å². The van der Waals surface area contributed by atoms with E-state index in [1.54, 1.807) is 19.2 Å². The van der Waals surface area contributed by atoms with Crippen molar-refractivity contribution in [1.29, 1.82) is 0 Å². The largest absolute Gasteiger partial charge is 0.507 e. The van der Waals surface area contributed by atoms with Gasteiger partial charge in [-0.05, 0) is 38.5 Å². The molecule has 0 spiro atoms. The topological polar surface area (TPSA) is 113 Å². The van der Waals surface area contributed by atoms with Crippen LogP contribution in [0.25, 0.3) is 22.3 Å². The highest BCUT2D eigenvalue weighted by molar-refractivity contribution is 5.91. The lowest BCUT2D eigenvalue weighted by molar-refractivity contribution is 0.0339. The van der Waals surface area contributed by atoms with Crippen LogP contribution in [0, 0.1) is 0 Å². The van der Waals surface area contributed by atoms with E-state index in [9.17, 15) is 20.1 Å². The lowest BCUT2D eigenvalue weighted by atomic mass is 10.0. The Morgan fingerprint density at radius 3 is 2.53 bits per heavy atom. The molecule has 1 aromatic heterocycles. The summed E-state index contributed by atoms with van der Waals surface area (Å²) in [7, 11) is 1.59. The molecule has 0 bridgehead atoms. The summed E-state index contributed by atoms with van der Waals surface area (Å²) in [5.74, 6) is -0.606. The van der Waals surface area contributed by atoms with Crippen molar-refractivity contribution in [3.63, 3.8) is 0 Å². The van der Waals surface area contributed by atoms with E-state index >= 15 is 0 Å². The molecule has 3 N–H and O–H groups in total. The van der Waals surface area contributed by atoms with Crippen LogP contribution in [-0.4, -0.2) is 53.6 Å². The summed E-state index contributed by atoms with van der Waals surface area (Å²) in [5, 5.41) is 31.4. The summed E-state index contributed by atoms with van der Waals surface area (Å²) >= 11 is 0. The number of allylic oxidation sites excluding steroid dienone is 2. The minimum Gasteiger partial charge on any atom is -0.507 e. The van der Waals surface area contributed by atoms with Crippen LogP contribution >= 0.6 is 0 Å². The van der Waals surface area contributed by atoms with E-state index in [1.165, 1.54) is 0 Å². The van der Waals surface area contributed by atoms with Crippen molar-refractivity contribution in [1.82, 2.24) is 4.90 Å². The molecule has 180 valence electrons. The SMILES string of the molecule is COc1ccc(-c2oc3c(CC=C(C)C)c(O)cc(O)c3c(=O)c2O)cc1CN1CCOCC1. The number of ether oxygens (including phenoxy) is 2. The molecule has 0 aliphatic carbocycles. The van der Waals surface area contributed by atoms with E-state index in [2.05, 4.69) is 4.90 Å². The molecular weight excluding hydrogens is 438 g/mol. The predicted octanol–water partition coefficient (Wildman–Crippen LogP) is 3.93. The van der Waals surface area contributed by atoms with Crippen LogP contribution in [0.2, 0.25) is 0 Å². The van der Waals surface area contributed by atoms with Gasteiger partial charge in [-0.15, -0.1) is 0 Å². The molecule has 0 atom stereocenters. The van der Waals surface area contributed by atoms with Crippen LogP contribution in [0.4, 0.5) is 0 Å². The number of nitrogens with zero attached hydrogens (tertiary/aromatic N) is 1. The van der Waals surface area contributed by atoms with E-state index in [4.69, 9.17) is 13.9 Å². The number of rotatable bonds is 6. The molecule has 0 radical (unpaired) electrons. The fourth-order valence-corrected chi connectivity index (χ4v) is 4.12. The molecule has 4 rings (SSSR count).